The summed E-state index contributed by atoms with van der Waals surface area (Å²) in [6.07, 6.45) is 2.38. The molecule has 10 heavy (non-hydrogen) atoms. The Morgan fingerprint density at radius 3 is 2.90 bits per heavy atom. The number of carbonyl (C=O) groups is 2. The molecule has 4 heteroatoms. The first kappa shape index (κ1) is 8.68. The molecule has 1 N–H and O–H groups in total. The van der Waals surface area contributed by atoms with Gasteiger partial charge in [0, 0.05) is 6.20 Å². The van der Waals surface area contributed by atoms with Gasteiger partial charge in [0.05, 0.1) is 6.61 Å². The van der Waals surface area contributed by atoms with E-state index in [1.807, 2.05) is 0 Å². The molecule has 0 fully saturated rings. The van der Waals surface area contributed by atoms with Crippen molar-refractivity contribution < 1.29 is 14.3 Å². The Balaban J connectivity index is 3.38. The number of amides is 1. The van der Waals surface area contributed by atoms with Crippen molar-refractivity contribution in [3.63, 3.8) is 0 Å². The molecule has 0 rings (SSSR count). The molecule has 0 saturated carbocycles. The van der Waals surface area contributed by atoms with Crippen molar-refractivity contribution in [1.29, 1.82) is 0 Å². The topological polar surface area (TPSA) is 55.4 Å². The zero-order chi connectivity index (χ0) is 7.82. The Morgan fingerprint density at radius 1 is 1.70 bits per heavy atom. The van der Waals surface area contributed by atoms with E-state index in [0.29, 0.717) is 12.9 Å². The average molecular weight is 143 g/mol. The zero-order valence-electron chi connectivity index (χ0n) is 5.66. The highest BCUT2D eigenvalue weighted by molar-refractivity contribution is 5.71. The van der Waals surface area contributed by atoms with Crippen LogP contribution in [0, 0.1) is 0 Å². The van der Waals surface area contributed by atoms with Gasteiger partial charge in [-0.3, -0.25) is 10.1 Å². The summed E-state index contributed by atoms with van der Waals surface area (Å²) in [5, 5.41) is 2.21. The minimum absolute atomic E-state index is 0.320. The van der Waals surface area contributed by atoms with Crippen LogP contribution < -0.4 is 5.32 Å². The van der Waals surface area contributed by atoms with Crippen LogP contribution in [-0.4, -0.2) is 19.0 Å². The number of hydrogen-bond acceptors (Lipinski definition) is 3. The predicted octanol–water partition coefficient (Wildman–Crippen LogP) is 0.445. The van der Waals surface area contributed by atoms with E-state index >= 15 is 0 Å². The SMILES string of the molecule is CCOC(=O)NC=CC=O. The molecule has 0 atom stereocenters. The first-order valence-electron chi connectivity index (χ1n) is 2.85. The lowest BCUT2D eigenvalue weighted by Crippen LogP contribution is -2.17. The summed E-state index contributed by atoms with van der Waals surface area (Å²) in [5.41, 5.74) is 0. The van der Waals surface area contributed by atoms with Gasteiger partial charge >= 0.3 is 6.09 Å². The van der Waals surface area contributed by atoms with Gasteiger partial charge in [0.15, 0.2) is 0 Å². The third-order valence-electron chi connectivity index (χ3n) is 0.651. The third-order valence-corrected chi connectivity index (χ3v) is 0.651. The zero-order valence-corrected chi connectivity index (χ0v) is 5.66. The van der Waals surface area contributed by atoms with Crippen molar-refractivity contribution in [2.75, 3.05) is 6.61 Å². The Hall–Kier alpha value is -1.32. The van der Waals surface area contributed by atoms with E-state index in [1.165, 1.54) is 6.20 Å². The Kier molecular flexibility index (Phi) is 5.04. The second kappa shape index (κ2) is 5.81. The average Bonchev–Trinajstić information content (AvgIpc) is 1.89. The van der Waals surface area contributed by atoms with Crippen LogP contribution in [0.2, 0.25) is 0 Å². The second-order valence-corrected chi connectivity index (χ2v) is 1.36. The maximum atomic E-state index is 10.4. The molecule has 0 aromatic rings. The van der Waals surface area contributed by atoms with Gasteiger partial charge in [0.1, 0.15) is 6.29 Å². The Bertz CT molecular complexity index is 142. The van der Waals surface area contributed by atoms with E-state index in [2.05, 4.69) is 10.1 Å². The number of alkyl carbamates (subject to hydrolysis) is 1. The highest BCUT2D eigenvalue weighted by atomic mass is 16.5. The number of ether oxygens (including phenoxy) is 1. The number of hydrogen-bond donors (Lipinski definition) is 1. The van der Waals surface area contributed by atoms with E-state index in [4.69, 9.17) is 0 Å². The highest BCUT2D eigenvalue weighted by Gasteiger charge is 1.92. The molecule has 0 aliphatic carbocycles. The summed E-state index contributed by atoms with van der Waals surface area (Å²) in [6, 6.07) is 0. The molecule has 0 aromatic heterocycles. The van der Waals surface area contributed by atoms with Crippen LogP contribution in [0.25, 0.3) is 0 Å². The Labute approximate surface area is 58.9 Å². The van der Waals surface area contributed by atoms with Gasteiger partial charge in [-0.15, -0.1) is 0 Å². The van der Waals surface area contributed by atoms with Crippen LogP contribution in [0.15, 0.2) is 12.3 Å². The quantitative estimate of drug-likeness (QED) is 0.461. The largest absolute Gasteiger partial charge is 0.450 e. The van der Waals surface area contributed by atoms with Crippen LogP contribution >= 0.6 is 0 Å². The molecule has 0 aliphatic heterocycles. The summed E-state index contributed by atoms with van der Waals surface area (Å²) in [7, 11) is 0. The monoisotopic (exact) mass is 143 g/mol. The third kappa shape index (κ3) is 4.83. The van der Waals surface area contributed by atoms with E-state index < -0.39 is 6.09 Å². The maximum absolute atomic E-state index is 10.4. The summed E-state index contributed by atoms with van der Waals surface area (Å²) >= 11 is 0. The molecule has 0 radical (unpaired) electrons. The molecule has 0 unspecified atom stereocenters. The first-order valence-corrected chi connectivity index (χ1v) is 2.85. The molecular formula is C6H9NO3. The number of allylic oxidation sites excluding steroid dienone is 1. The van der Waals surface area contributed by atoms with Crippen molar-refractivity contribution in [2.24, 2.45) is 0 Å². The van der Waals surface area contributed by atoms with Crippen LogP contribution in [0.5, 0.6) is 0 Å². The maximum Gasteiger partial charge on any atom is 0.411 e. The van der Waals surface area contributed by atoms with E-state index in [9.17, 15) is 9.59 Å². The minimum atomic E-state index is -0.555. The smallest absolute Gasteiger partial charge is 0.411 e. The Morgan fingerprint density at radius 2 is 2.40 bits per heavy atom. The fraction of sp³-hybridized carbons (Fsp3) is 0.333. The summed E-state index contributed by atoms with van der Waals surface area (Å²) < 4.78 is 4.47. The molecule has 0 aromatic carbocycles. The summed E-state index contributed by atoms with van der Waals surface area (Å²) in [5.74, 6) is 0. The lowest BCUT2D eigenvalue weighted by molar-refractivity contribution is -0.104. The molecule has 1 amide bonds. The lowest BCUT2D eigenvalue weighted by atomic mass is 10.7. The van der Waals surface area contributed by atoms with Gasteiger partial charge in [0.2, 0.25) is 0 Å². The predicted molar refractivity (Wildman–Crippen MR) is 35.4 cm³/mol. The van der Waals surface area contributed by atoms with Crippen molar-refractivity contribution in [3.8, 4) is 0 Å². The summed E-state index contributed by atoms with van der Waals surface area (Å²) in [6.45, 7) is 2.02. The van der Waals surface area contributed by atoms with Crippen LogP contribution in [0.4, 0.5) is 4.79 Å². The molecule has 56 valence electrons. The van der Waals surface area contributed by atoms with Gasteiger partial charge in [-0.1, -0.05) is 0 Å². The van der Waals surface area contributed by atoms with E-state index in [0.717, 1.165) is 6.08 Å². The van der Waals surface area contributed by atoms with E-state index in [1.54, 1.807) is 6.92 Å². The van der Waals surface area contributed by atoms with Gasteiger partial charge < -0.3 is 4.74 Å². The first-order chi connectivity index (χ1) is 4.81. The van der Waals surface area contributed by atoms with Gasteiger partial charge in [-0.05, 0) is 13.0 Å². The number of nitrogens with one attached hydrogen (secondary N) is 1. The fourth-order valence-electron chi connectivity index (χ4n) is 0.328. The van der Waals surface area contributed by atoms with E-state index in [-0.39, 0.29) is 0 Å². The normalized spacial score (nSPS) is 9.30. The van der Waals surface area contributed by atoms with Crippen LogP contribution in [-0.2, 0) is 9.53 Å². The lowest BCUT2D eigenvalue weighted by Gasteiger charge is -1.97. The summed E-state index contributed by atoms with van der Waals surface area (Å²) in [4.78, 5) is 20.1. The molecule has 0 spiro atoms. The van der Waals surface area contributed by atoms with Gasteiger partial charge in [-0.25, -0.2) is 4.79 Å². The number of carbonyl (C=O) groups excluding carboxylic acids is 2. The van der Waals surface area contributed by atoms with Crippen LogP contribution in [0.3, 0.4) is 0 Å². The standard InChI is InChI=1S/C6H9NO3/c1-2-10-6(9)7-4-3-5-8/h3-5H,2H2,1H3,(H,7,9). The second-order valence-electron chi connectivity index (χ2n) is 1.36. The fourth-order valence-corrected chi connectivity index (χ4v) is 0.328. The molecule has 0 aliphatic rings. The molecule has 0 heterocycles. The van der Waals surface area contributed by atoms with Gasteiger partial charge in [0.25, 0.3) is 0 Å². The van der Waals surface area contributed by atoms with Crippen molar-refractivity contribution >= 4 is 12.4 Å². The van der Waals surface area contributed by atoms with Crippen molar-refractivity contribution in [3.05, 3.63) is 12.3 Å². The molecule has 0 bridgehead atoms. The number of aldehydes is 1. The molecule has 0 saturated heterocycles. The van der Waals surface area contributed by atoms with Crippen LogP contribution in [0.1, 0.15) is 6.92 Å². The molecule has 4 nitrogen and oxygen atoms in total. The minimum Gasteiger partial charge on any atom is -0.450 e. The van der Waals surface area contributed by atoms with Crippen molar-refractivity contribution in [1.82, 2.24) is 5.32 Å². The highest BCUT2D eigenvalue weighted by Crippen LogP contribution is 1.74. The van der Waals surface area contributed by atoms with Gasteiger partial charge in [-0.2, -0.15) is 0 Å². The van der Waals surface area contributed by atoms with Crippen molar-refractivity contribution in [2.45, 2.75) is 6.92 Å². The number of rotatable bonds is 3. The molecular weight excluding hydrogens is 134 g/mol.